The van der Waals surface area contributed by atoms with Crippen molar-refractivity contribution in [2.45, 2.75) is 33.2 Å². The van der Waals surface area contributed by atoms with Crippen molar-refractivity contribution < 1.29 is 4.79 Å². The van der Waals surface area contributed by atoms with Crippen LogP contribution in [0.1, 0.15) is 27.2 Å². The van der Waals surface area contributed by atoms with Gasteiger partial charge in [-0.15, -0.1) is 0 Å². The van der Waals surface area contributed by atoms with E-state index in [1.165, 1.54) is 13.0 Å². The Bertz CT molecular complexity index is 203. The van der Waals surface area contributed by atoms with Crippen LogP contribution in [-0.2, 0) is 4.79 Å². The highest BCUT2D eigenvalue weighted by molar-refractivity contribution is 5.72. The molecule has 1 rings (SSSR count). The third-order valence-electron chi connectivity index (χ3n) is 3.12. The predicted molar refractivity (Wildman–Crippen MR) is 58.1 cm³/mol. The summed E-state index contributed by atoms with van der Waals surface area (Å²) in [6.07, 6.45) is 1.23. The van der Waals surface area contributed by atoms with Crippen LogP contribution in [0.3, 0.4) is 0 Å². The molecule has 1 saturated heterocycles. The summed E-state index contributed by atoms with van der Waals surface area (Å²) in [5, 5.41) is 0. The molecule has 0 N–H and O–H groups in total. The van der Waals surface area contributed by atoms with Gasteiger partial charge >= 0.3 is 0 Å². The molecule has 0 saturated carbocycles. The van der Waals surface area contributed by atoms with E-state index in [1.807, 2.05) is 11.9 Å². The molecule has 1 atom stereocenters. The van der Waals surface area contributed by atoms with Crippen molar-refractivity contribution in [1.29, 1.82) is 0 Å². The van der Waals surface area contributed by atoms with Gasteiger partial charge in [0, 0.05) is 33.1 Å². The number of hydrogen-bond acceptors (Lipinski definition) is 2. The molecule has 0 aromatic heterocycles. The molecule has 1 heterocycles. The Balaban J connectivity index is 2.32. The fourth-order valence-corrected chi connectivity index (χ4v) is 2.00. The van der Waals surface area contributed by atoms with E-state index in [1.54, 1.807) is 6.92 Å². The number of nitrogens with zero attached hydrogens (tertiary/aromatic N) is 2. The van der Waals surface area contributed by atoms with Gasteiger partial charge in [0.1, 0.15) is 0 Å². The lowest BCUT2D eigenvalue weighted by Crippen LogP contribution is -2.33. The molecule has 1 unspecified atom stereocenters. The number of likely N-dealkylation sites (tertiary alicyclic amines) is 1. The molecule has 0 aromatic rings. The molecule has 0 aliphatic carbocycles. The van der Waals surface area contributed by atoms with E-state index in [-0.39, 0.29) is 5.91 Å². The van der Waals surface area contributed by atoms with E-state index in [2.05, 4.69) is 18.7 Å². The van der Waals surface area contributed by atoms with Crippen LogP contribution in [0.5, 0.6) is 0 Å². The zero-order valence-corrected chi connectivity index (χ0v) is 9.79. The highest BCUT2D eigenvalue weighted by atomic mass is 16.2. The molecule has 1 fully saturated rings. The Labute approximate surface area is 87.1 Å². The second-order valence-electron chi connectivity index (χ2n) is 4.64. The monoisotopic (exact) mass is 198 g/mol. The van der Waals surface area contributed by atoms with Gasteiger partial charge in [0.2, 0.25) is 5.91 Å². The standard InChI is InChI=1S/C11H22N2O/c1-9(2)13-6-5-11(8-13)7-12(4)10(3)14/h9,11H,5-8H2,1-4H3. The molecule has 3 heteroatoms. The molecule has 0 spiro atoms. The zero-order chi connectivity index (χ0) is 10.7. The fraction of sp³-hybridized carbons (Fsp3) is 0.909. The lowest BCUT2D eigenvalue weighted by molar-refractivity contribution is -0.128. The molecule has 0 radical (unpaired) electrons. The number of carbonyl (C=O) groups excluding carboxylic acids is 1. The van der Waals surface area contributed by atoms with Gasteiger partial charge in [0.15, 0.2) is 0 Å². The first kappa shape index (κ1) is 11.5. The summed E-state index contributed by atoms with van der Waals surface area (Å²) >= 11 is 0. The molecule has 3 nitrogen and oxygen atoms in total. The lowest BCUT2D eigenvalue weighted by Gasteiger charge is -2.22. The largest absolute Gasteiger partial charge is 0.346 e. The molecule has 1 aliphatic heterocycles. The quantitative estimate of drug-likeness (QED) is 0.680. The minimum atomic E-state index is 0.174. The number of carbonyl (C=O) groups is 1. The fourth-order valence-electron chi connectivity index (χ4n) is 2.00. The highest BCUT2D eigenvalue weighted by Crippen LogP contribution is 2.18. The molecular formula is C11H22N2O. The summed E-state index contributed by atoms with van der Waals surface area (Å²) in [6, 6.07) is 0.641. The molecule has 0 aromatic carbocycles. The lowest BCUT2D eigenvalue weighted by atomic mass is 10.1. The predicted octanol–water partition coefficient (Wildman–Crippen LogP) is 1.19. The first-order chi connectivity index (χ1) is 6.50. The van der Waals surface area contributed by atoms with E-state index in [9.17, 15) is 4.79 Å². The summed E-state index contributed by atoms with van der Waals surface area (Å²) in [5.74, 6) is 0.847. The van der Waals surface area contributed by atoms with E-state index in [0.29, 0.717) is 12.0 Å². The normalized spacial score (nSPS) is 23.1. The molecule has 14 heavy (non-hydrogen) atoms. The molecule has 82 valence electrons. The van der Waals surface area contributed by atoms with Gasteiger partial charge in [0.25, 0.3) is 0 Å². The van der Waals surface area contributed by atoms with E-state index >= 15 is 0 Å². The maximum Gasteiger partial charge on any atom is 0.219 e. The Morgan fingerprint density at radius 3 is 2.64 bits per heavy atom. The minimum Gasteiger partial charge on any atom is -0.346 e. The van der Waals surface area contributed by atoms with Crippen molar-refractivity contribution in [3.63, 3.8) is 0 Å². The highest BCUT2D eigenvalue weighted by Gasteiger charge is 2.25. The molecular weight excluding hydrogens is 176 g/mol. The summed E-state index contributed by atoms with van der Waals surface area (Å²) in [5.41, 5.74) is 0. The average Bonchev–Trinajstić information content (AvgIpc) is 2.52. The van der Waals surface area contributed by atoms with Crippen LogP contribution in [0.2, 0.25) is 0 Å². The van der Waals surface area contributed by atoms with Crippen LogP contribution in [-0.4, -0.2) is 48.4 Å². The number of hydrogen-bond donors (Lipinski definition) is 0. The Hall–Kier alpha value is -0.570. The average molecular weight is 198 g/mol. The van der Waals surface area contributed by atoms with Crippen molar-refractivity contribution in [1.82, 2.24) is 9.80 Å². The molecule has 1 amide bonds. The summed E-state index contributed by atoms with van der Waals surface area (Å²) in [7, 11) is 1.89. The Kier molecular flexibility index (Phi) is 3.93. The Morgan fingerprint density at radius 1 is 1.57 bits per heavy atom. The first-order valence-corrected chi connectivity index (χ1v) is 5.46. The van der Waals surface area contributed by atoms with Gasteiger partial charge < -0.3 is 9.80 Å². The van der Waals surface area contributed by atoms with Gasteiger partial charge in [0.05, 0.1) is 0 Å². The summed E-state index contributed by atoms with van der Waals surface area (Å²) in [6.45, 7) is 9.35. The first-order valence-electron chi connectivity index (χ1n) is 5.46. The van der Waals surface area contributed by atoms with Crippen LogP contribution >= 0.6 is 0 Å². The summed E-state index contributed by atoms with van der Waals surface area (Å²) in [4.78, 5) is 15.4. The van der Waals surface area contributed by atoms with Crippen LogP contribution in [0, 0.1) is 5.92 Å². The van der Waals surface area contributed by atoms with Crippen LogP contribution < -0.4 is 0 Å². The minimum absolute atomic E-state index is 0.174. The maximum absolute atomic E-state index is 11.1. The van der Waals surface area contributed by atoms with E-state index in [0.717, 1.165) is 13.1 Å². The molecule has 1 aliphatic rings. The van der Waals surface area contributed by atoms with Crippen LogP contribution in [0.25, 0.3) is 0 Å². The smallest absolute Gasteiger partial charge is 0.219 e. The van der Waals surface area contributed by atoms with E-state index in [4.69, 9.17) is 0 Å². The van der Waals surface area contributed by atoms with Gasteiger partial charge in [-0.2, -0.15) is 0 Å². The van der Waals surface area contributed by atoms with E-state index < -0.39 is 0 Å². The van der Waals surface area contributed by atoms with Crippen molar-refractivity contribution >= 4 is 5.91 Å². The Morgan fingerprint density at radius 2 is 2.21 bits per heavy atom. The van der Waals surface area contributed by atoms with Gasteiger partial charge in [-0.3, -0.25) is 4.79 Å². The van der Waals surface area contributed by atoms with Crippen molar-refractivity contribution in [3.05, 3.63) is 0 Å². The maximum atomic E-state index is 11.1. The van der Waals surface area contributed by atoms with Gasteiger partial charge in [-0.1, -0.05) is 0 Å². The summed E-state index contributed by atoms with van der Waals surface area (Å²) < 4.78 is 0. The zero-order valence-electron chi connectivity index (χ0n) is 9.79. The van der Waals surface area contributed by atoms with Crippen molar-refractivity contribution in [2.24, 2.45) is 5.92 Å². The number of amides is 1. The third-order valence-corrected chi connectivity index (χ3v) is 3.12. The SMILES string of the molecule is CC(=O)N(C)CC1CCN(C(C)C)C1. The van der Waals surface area contributed by atoms with Gasteiger partial charge in [-0.05, 0) is 32.7 Å². The number of rotatable bonds is 3. The van der Waals surface area contributed by atoms with Crippen LogP contribution in [0.15, 0.2) is 0 Å². The van der Waals surface area contributed by atoms with Crippen molar-refractivity contribution in [3.8, 4) is 0 Å². The molecule has 0 bridgehead atoms. The van der Waals surface area contributed by atoms with Crippen LogP contribution in [0.4, 0.5) is 0 Å². The second-order valence-corrected chi connectivity index (χ2v) is 4.64. The van der Waals surface area contributed by atoms with Crippen molar-refractivity contribution in [2.75, 3.05) is 26.7 Å². The second kappa shape index (κ2) is 4.78. The topological polar surface area (TPSA) is 23.6 Å². The van der Waals surface area contributed by atoms with Gasteiger partial charge in [-0.25, -0.2) is 0 Å². The third kappa shape index (κ3) is 2.98.